The van der Waals surface area contributed by atoms with E-state index in [4.69, 9.17) is 21.6 Å². The molecule has 0 bridgehead atoms. The SMILES string of the molecule is Cc1nc(N(C)C)ccc1N1CCCn2c1nc1c(Cl)ccc(C=O)c12. The quantitative estimate of drug-likeness (QED) is 0.657. The zero-order chi connectivity index (χ0) is 18.4. The Bertz CT molecular complexity index is 1010. The summed E-state index contributed by atoms with van der Waals surface area (Å²) in [5, 5.41) is 0.560. The molecule has 0 saturated carbocycles. The largest absolute Gasteiger partial charge is 0.363 e. The van der Waals surface area contributed by atoms with E-state index in [0.717, 1.165) is 54.5 Å². The molecule has 2 aromatic heterocycles. The highest BCUT2D eigenvalue weighted by atomic mass is 35.5. The van der Waals surface area contributed by atoms with Crippen LogP contribution in [0, 0.1) is 6.92 Å². The van der Waals surface area contributed by atoms with Gasteiger partial charge in [0.2, 0.25) is 5.95 Å². The Morgan fingerprint density at radius 1 is 1.15 bits per heavy atom. The van der Waals surface area contributed by atoms with Crippen LogP contribution in [0.15, 0.2) is 24.3 Å². The normalized spacial score (nSPS) is 13.8. The lowest BCUT2D eigenvalue weighted by Crippen LogP contribution is -2.29. The average molecular weight is 370 g/mol. The number of rotatable bonds is 3. The molecule has 1 aromatic carbocycles. The van der Waals surface area contributed by atoms with Crippen molar-refractivity contribution in [2.24, 2.45) is 0 Å². The number of carbonyl (C=O) groups is 1. The molecule has 3 heterocycles. The van der Waals surface area contributed by atoms with E-state index in [0.29, 0.717) is 16.1 Å². The number of pyridine rings is 1. The van der Waals surface area contributed by atoms with E-state index >= 15 is 0 Å². The topological polar surface area (TPSA) is 54.3 Å². The minimum atomic E-state index is 0.560. The van der Waals surface area contributed by atoms with Gasteiger partial charge in [0, 0.05) is 32.7 Å². The number of benzene rings is 1. The number of aryl methyl sites for hydroxylation is 2. The Hall–Kier alpha value is -2.60. The maximum absolute atomic E-state index is 11.5. The zero-order valence-corrected chi connectivity index (χ0v) is 15.8. The Labute approximate surface area is 157 Å². The number of aldehydes is 1. The van der Waals surface area contributed by atoms with Crippen molar-refractivity contribution in [2.75, 3.05) is 30.4 Å². The monoisotopic (exact) mass is 369 g/mol. The van der Waals surface area contributed by atoms with E-state index in [9.17, 15) is 4.79 Å². The van der Waals surface area contributed by atoms with Crippen molar-refractivity contribution in [1.82, 2.24) is 14.5 Å². The first-order chi connectivity index (χ1) is 12.5. The maximum Gasteiger partial charge on any atom is 0.211 e. The Balaban J connectivity index is 1.90. The number of fused-ring (bicyclic) bond motifs is 3. The van der Waals surface area contributed by atoms with Crippen LogP contribution in [0.3, 0.4) is 0 Å². The van der Waals surface area contributed by atoms with E-state index in [-0.39, 0.29) is 0 Å². The maximum atomic E-state index is 11.5. The highest BCUT2D eigenvalue weighted by Gasteiger charge is 2.26. The van der Waals surface area contributed by atoms with Crippen LogP contribution in [-0.4, -0.2) is 41.5 Å². The second-order valence-electron chi connectivity index (χ2n) is 6.69. The molecule has 1 aliphatic heterocycles. The molecule has 3 aromatic rings. The molecule has 0 aliphatic carbocycles. The first-order valence-electron chi connectivity index (χ1n) is 8.57. The van der Waals surface area contributed by atoms with Gasteiger partial charge in [-0.1, -0.05) is 11.6 Å². The highest BCUT2D eigenvalue weighted by molar-refractivity contribution is 6.35. The van der Waals surface area contributed by atoms with Crippen LogP contribution in [0.4, 0.5) is 17.5 Å². The molecular formula is C19H20ClN5O. The molecule has 0 spiro atoms. The van der Waals surface area contributed by atoms with Gasteiger partial charge in [-0.05, 0) is 37.6 Å². The van der Waals surface area contributed by atoms with Gasteiger partial charge in [-0.2, -0.15) is 0 Å². The molecule has 4 rings (SSSR count). The standard InChI is InChI=1S/C19H20ClN5O/c1-12-15(7-8-16(21-12)23(2)3)24-9-4-10-25-18-13(11-26)5-6-14(20)17(18)22-19(24)25/h5-8,11H,4,9-10H2,1-3H3. The summed E-state index contributed by atoms with van der Waals surface area (Å²) in [5.74, 6) is 1.73. The third kappa shape index (κ3) is 2.52. The van der Waals surface area contributed by atoms with Crippen molar-refractivity contribution in [3.63, 3.8) is 0 Å². The highest BCUT2D eigenvalue weighted by Crippen LogP contribution is 2.37. The number of hydrogen-bond acceptors (Lipinski definition) is 5. The van der Waals surface area contributed by atoms with Gasteiger partial charge < -0.3 is 14.4 Å². The van der Waals surface area contributed by atoms with Crippen molar-refractivity contribution in [3.8, 4) is 0 Å². The Morgan fingerprint density at radius 2 is 1.96 bits per heavy atom. The minimum absolute atomic E-state index is 0.560. The molecule has 0 atom stereocenters. The smallest absolute Gasteiger partial charge is 0.211 e. The van der Waals surface area contributed by atoms with Crippen LogP contribution in [0.5, 0.6) is 0 Å². The molecule has 0 saturated heterocycles. The number of anilines is 3. The van der Waals surface area contributed by atoms with Gasteiger partial charge in [0.1, 0.15) is 11.3 Å². The van der Waals surface area contributed by atoms with Gasteiger partial charge in [-0.15, -0.1) is 0 Å². The van der Waals surface area contributed by atoms with Gasteiger partial charge in [0.15, 0.2) is 6.29 Å². The molecule has 0 fully saturated rings. The Morgan fingerprint density at radius 3 is 2.65 bits per heavy atom. The average Bonchev–Trinajstić information content (AvgIpc) is 3.03. The van der Waals surface area contributed by atoms with Crippen LogP contribution < -0.4 is 9.80 Å². The van der Waals surface area contributed by atoms with Crippen LogP contribution in [0.25, 0.3) is 11.0 Å². The summed E-state index contributed by atoms with van der Waals surface area (Å²) in [4.78, 5) is 25.1. The van der Waals surface area contributed by atoms with Gasteiger partial charge in [0.25, 0.3) is 0 Å². The van der Waals surface area contributed by atoms with Crippen LogP contribution >= 0.6 is 11.6 Å². The molecule has 26 heavy (non-hydrogen) atoms. The number of imidazole rings is 1. The molecule has 0 radical (unpaired) electrons. The number of hydrogen-bond donors (Lipinski definition) is 0. The fourth-order valence-electron chi connectivity index (χ4n) is 3.52. The summed E-state index contributed by atoms with van der Waals surface area (Å²) in [6.45, 7) is 3.67. The summed E-state index contributed by atoms with van der Waals surface area (Å²) in [7, 11) is 3.95. The van der Waals surface area contributed by atoms with Gasteiger partial charge in [0.05, 0.1) is 21.9 Å². The lowest BCUT2D eigenvalue weighted by molar-refractivity contribution is 0.112. The summed E-state index contributed by atoms with van der Waals surface area (Å²) < 4.78 is 2.09. The number of nitrogens with zero attached hydrogens (tertiary/aromatic N) is 5. The fraction of sp³-hybridized carbons (Fsp3) is 0.316. The lowest BCUT2D eigenvalue weighted by Gasteiger charge is -2.30. The first-order valence-corrected chi connectivity index (χ1v) is 8.95. The predicted octanol–water partition coefficient (Wildman–Crippen LogP) is 3.81. The second kappa shape index (κ2) is 6.29. The van der Waals surface area contributed by atoms with Crippen molar-refractivity contribution >= 4 is 46.4 Å². The number of carbonyl (C=O) groups excluding carboxylic acids is 1. The molecular weight excluding hydrogens is 350 g/mol. The van der Waals surface area contributed by atoms with Crippen molar-refractivity contribution in [3.05, 3.63) is 40.5 Å². The predicted molar refractivity (Wildman–Crippen MR) is 105 cm³/mol. The van der Waals surface area contributed by atoms with Gasteiger partial charge in [-0.25, -0.2) is 9.97 Å². The summed E-state index contributed by atoms with van der Waals surface area (Å²) in [6.07, 6.45) is 1.82. The molecule has 0 unspecified atom stereocenters. The molecule has 7 heteroatoms. The van der Waals surface area contributed by atoms with Crippen LogP contribution in [-0.2, 0) is 6.54 Å². The second-order valence-corrected chi connectivity index (χ2v) is 7.10. The third-order valence-corrected chi connectivity index (χ3v) is 5.09. The van der Waals surface area contributed by atoms with Crippen LogP contribution in [0.1, 0.15) is 22.5 Å². The molecule has 0 N–H and O–H groups in total. The van der Waals surface area contributed by atoms with E-state index in [1.54, 1.807) is 12.1 Å². The number of halogens is 1. The molecule has 0 amide bonds. The van der Waals surface area contributed by atoms with E-state index in [1.807, 2.05) is 32.0 Å². The zero-order valence-electron chi connectivity index (χ0n) is 15.0. The van der Waals surface area contributed by atoms with Crippen molar-refractivity contribution in [1.29, 1.82) is 0 Å². The van der Waals surface area contributed by atoms with Crippen LogP contribution in [0.2, 0.25) is 5.02 Å². The summed E-state index contributed by atoms with van der Waals surface area (Å²) in [6, 6.07) is 7.57. The fourth-order valence-corrected chi connectivity index (χ4v) is 3.72. The molecule has 134 valence electrons. The van der Waals surface area contributed by atoms with E-state index in [2.05, 4.69) is 15.5 Å². The van der Waals surface area contributed by atoms with Gasteiger partial charge in [-0.3, -0.25) is 4.79 Å². The van der Waals surface area contributed by atoms with Crippen molar-refractivity contribution < 1.29 is 4.79 Å². The minimum Gasteiger partial charge on any atom is -0.363 e. The first kappa shape index (κ1) is 16.8. The molecule has 6 nitrogen and oxygen atoms in total. The summed E-state index contributed by atoms with van der Waals surface area (Å²) in [5.41, 5.74) is 4.06. The summed E-state index contributed by atoms with van der Waals surface area (Å²) >= 11 is 6.36. The number of aromatic nitrogens is 3. The van der Waals surface area contributed by atoms with E-state index in [1.165, 1.54) is 0 Å². The third-order valence-electron chi connectivity index (χ3n) is 4.78. The van der Waals surface area contributed by atoms with Gasteiger partial charge >= 0.3 is 0 Å². The Kier molecular flexibility index (Phi) is 4.07. The molecule has 1 aliphatic rings. The van der Waals surface area contributed by atoms with E-state index < -0.39 is 0 Å². The lowest BCUT2D eigenvalue weighted by atomic mass is 10.2. The van der Waals surface area contributed by atoms with Crippen molar-refractivity contribution in [2.45, 2.75) is 19.9 Å².